The van der Waals surface area contributed by atoms with E-state index in [4.69, 9.17) is 0 Å². The van der Waals surface area contributed by atoms with Crippen LogP contribution in [0.15, 0.2) is 42.6 Å². The SMILES string of the molecule is Cc1cc(O)ccc1C(=O)NCCCc1ccccn1. The van der Waals surface area contributed by atoms with E-state index in [1.54, 1.807) is 18.3 Å². The molecule has 0 saturated heterocycles. The van der Waals surface area contributed by atoms with Gasteiger partial charge in [-0.1, -0.05) is 6.07 Å². The van der Waals surface area contributed by atoms with Crippen LogP contribution in [-0.2, 0) is 6.42 Å². The summed E-state index contributed by atoms with van der Waals surface area (Å²) in [5.41, 5.74) is 2.40. The largest absolute Gasteiger partial charge is 0.508 e. The van der Waals surface area contributed by atoms with E-state index in [2.05, 4.69) is 10.3 Å². The molecule has 0 aliphatic rings. The average molecular weight is 270 g/mol. The van der Waals surface area contributed by atoms with Crippen molar-refractivity contribution in [1.82, 2.24) is 10.3 Å². The number of carbonyl (C=O) groups is 1. The van der Waals surface area contributed by atoms with E-state index in [-0.39, 0.29) is 11.7 Å². The summed E-state index contributed by atoms with van der Waals surface area (Å²) >= 11 is 0. The maximum atomic E-state index is 12.0. The number of phenols is 1. The van der Waals surface area contributed by atoms with Crippen LogP contribution < -0.4 is 5.32 Å². The molecule has 4 heteroatoms. The minimum absolute atomic E-state index is 0.108. The van der Waals surface area contributed by atoms with Gasteiger partial charge in [0.15, 0.2) is 0 Å². The zero-order valence-electron chi connectivity index (χ0n) is 11.5. The molecule has 4 nitrogen and oxygen atoms in total. The highest BCUT2D eigenvalue weighted by Gasteiger charge is 2.08. The Morgan fingerprint density at radius 2 is 2.15 bits per heavy atom. The quantitative estimate of drug-likeness (QED) is 0.820. The Hall–Kier alpha value is -2.36. The van der Waals surface area contributed by atoms with Crippen molar-refractivity contribution in [2.75, 3.05) is 6.54 Å². The molecule has 1 heterocycles. The predicted molar refractivity (Wildman–Crippen MR) is 77.7 cm³/mol. The summed E-state index contributed by atoms with van der Waals surface area (Å²) in [6.45, 7) is 2.41. The van der Waals surface area contributed by atoms with Gasteiger partial charge in [0.1, 0.15) is 5.75 Å². The molecule has 0 unspecified atom stereocenters. The van der Waals surface area contributed by atoms with Gasteiger partial charge in [-0.05, 0) is 55.7 Å². The Morgan fingerprint density at radius 1 is 1.30 bits per heavy atom. The fourth-order valence-corrected chi connectivity index (χ4v) is 2.02. The van der Waals surface area contributed by atoms with Crippen LogP contribution in [0.3, 0.4) is 0 Å². The van der Waals surface area contributed by atoms with Crippen LogP contribution in [0.25, 0.3) is 0 Å². The summed E-state index contributed by atoms with van der Waals surface area (Å²) in [4.78, 5) is 16.2. The lowest BCUT2D eigenvalue weighted by molar-refractivity contribution is 0.0952. The number of carbonyl (C=O) groups excluding carboxylic acids is 1. The number of phenolic OH excluding ortho intramolecular Hbond substituents is 1. The van der Waals surface area contributed by atoms with Crippen LogP contribution in [-0.4, -0.2) is 22.5 Å². The third kappa shape index (κ3) is 3.82. The predicted octanol–water partition coefficient (Wildman–Crippen LogP) is 2.46. The first-order valence-electron chi connectivity index (χ1n) is 6.64. The lowest BCUT2D eigenvalue weighted by Gasteiger charge is -2.08. The van der Waals surface area contributed by atoms with Crippen LogP contribution in [0.5, 0.6) is 5.75 Å². The van der Waals surface area contributed by atoms with Gasteiger partial charge in [-0.2, -0.15) is 0 Å². The summed E-state index contributed by atoms with van der Waals surface area (Å²) < 4.78 is 0. The highest BCUT2D eigenvalue weighted by molar-refractivity contribution is 5.95. The van der Waals surface area contributed by atoms with Crippen LogP contribution >= 0.6 is 0 Å². The first kappa shape index (κ1) is 14.1. The summed E-state index contributed by atoms with van der Waals surface area (Å²) in [5.74, 6) is 0.0673. The number of amides is 1. The second-order valence-electron chi connectivity index (χ2n) is 4.68. The van der Waals surface area contributed by atoms with Crippen LogP contribution in [0.4, 0.5) is 0 Å². The van der Waals surface area contributed by atoms with E-state index in [1.807, 2.05) is 25.1 Å². The molecule has 0 bridgehead atoms. The number of nitrogens with one attached hydrogen (secondary N) is 1. The van der Waals surface area contributed by atoms with Crippen molar-refractivity contribution >= 4 is 5.91 Å². The average Bonchev–Trinajstić information content (AvgIpc) is 2.44. The van der Waals surface area contributed by atoms with Crippen LogP contribution in [0.1, 0.15) is 28.0 Å². The molecule has 2 aromatic rings. The van der Waals surface area contributed by atoms with Crippen molar-refractivity contribution in [3.63, 3.8) is 0 Å². The van der Waals surface area contributed by atoms with Crippen molar-refractivity contribution < 1.29 is 9.90 Å². The lowest BCUT2D eigenvalue weighted by atomic mass is 10.1. The number of aryl methyl sites for hydroxylation is 2. The molecule has 0 atom stereocenters. The van der Waals surface area contributed by atoms with Crippen molar-refractivity contribution in [2.24, 2.45) is 0 Å². The second-order valence-corrected chi connectivity index (χ2v) is 4.68. The number of rotatable bonds is 5. The zero-order valence-corrected chi connectivity index (χ0v) is 11.5. The fourth-order valence-electron chi connectivity index (χ4n) is 2.02. The number of aromatic hydroxyl groups is 1. The van der Waals surface area contributed by atoms with E-state index in [9.17, 15) is 9.90 Å². The van der Waals surface area contributed by atoms with E-state index < -0.39 is 0 Å². The van der Waals surface area contributed by atoms with Crippen molar-refractivity contribution in [3.05, 3.63) is 59.4 Å². The smallest absolute Gasteiger partial charge is 0.251 e. The minimum atomic E-state index is -0.108. The Kier molecular flexibility index (Phi) is 4.71. The fraction of sp³-hybridized carbons (Fsp3) is 0.250. The monoisotopic (exact) mass is 270 g/mol. The highest BCUT2D eigenvalue weighted by Crippen LogP contribution is 2.15. The van der Waals surface area contributed by atoms with Gasteiger partial charge in [-0.3, -0.25) is 9.78 Å². The topological polar surface area (TPSA) is 62.2 Å². The molecule has 2 N–H and O–H groups in total. The van der Waals surface area contributed by atoms with Crippen molar-refractivity contribution in [2.45, 2.75) is 19.8 Å². The van der Waals surface area contributed by atoms with E-state index >= 15 is 0 Å². The third-order valence-electron chi connectivity index (χ3n) is 3.08. The molecule has 20 heavy (non-hydrogen) atoms. The zero-order chi connectivity index (χ0) is 14.4. The van der Waals surface area contributed by atoms with Gasteiger partial charge in [0.05, 0.1) is 0 Å². The molecule has 0 aliphatic carbocycles. The Morgan fingerprint density at radius 3 is 2.85 bits per heavy atom. The van der Waals surface area contributed by atoms with E-state index in [0.29, 0.717) is 12.1 Å². The molecule has 0 aliphatic heterocycles. The molecule has 0 radical (unpaired) electrons. The number of hydrogen-bond donors (Lipinski definition) is 2. The number of pyridine rings is 1. The highest BCUT2D eigenvalue weighted by atomic mass is 16.3. The van der Waals surface area contributed by atoms with Gasteiger partial charge in [0.2, 0.25) is 0 Å². The maximum Gasteiger partial charge on any atom is 0.251 e. The summed E-state index contributed by atoms with van der Waals surface area (Å²) in [5, 5.41) is 12.2. The van der Waals surface area contributed by atoms with E-state index in [0.717, 1.165) is 24.1 Å². The Labute approximate surface area is 118 Å². The van der Waals surface area contributed by atoms with Gasteiger partial charge in [-0.15, -0.1) is 0 Å². The molecule has 1 amide bonds. The number of aromatic nitrogens is 1. The summed E-state index contributed by atoms with van der Waals surface area (Å²) in [7, 11) is 0. The molecule has 1 aromatic heterocycles. The van der Waals surface area contributed by atoms with Crippen LogP contribution in [0, 0.1) is 6.92 Å². The summed E-state index contributed by atoms with van der Waals surface area (Å²) in [6.07, 6.45) is 3.46. The first-order chi connectivity index (χ1) is 9.66. The number of benzene rings is 1. The molecular weight excluding hydrogens is 252 g/mol. The molecule has 0 saturated carbocycles. The third-order valence-corrected chi connectivity index (χ3v) is 3.08. The minimum Gasteiger partial charge on any atom is -0.508 e. The van der Waals surface area contributed by atoms with Crippen LogP contribution in [0.2, 0.25) is 0 Å². The number of nitrogens with zero attached hydrogens (tertiary/aromatic N) is 1. The van der Waals surface area contributed by atoms with Gasteiger partial charge in [0, 0.05) is 24.0 Å². The second kappa shape index (κ2) is 6.70. The van der Waals surface area contributed by atoms with Crippen molar-refractivity contribution in [3.8, 4) is 5.75 Å². The van der Waals surface area contributed by atoms with Gasteiger partial charge < -0.3 is 10.4 Å². The molecular formula is C16H18N2O2. The molecule has 0 spiro atoms. The van der Waals surface area contributed by atoms with Crippen molar-refractivity contribution in [1.29, 1.82) is 0 Å². The van der Waals surface area contributed by atoms with Gasteiger partial charge >= 0.3 is 0 Å². The van der Waals surface area contributed by atoms with Gasteiger partial charge in [-0.25, -0.2) is 0 Å². The summed E-state index contributed by atoms with van der Waals surface area (Å²) in [6, 6.07) is 10.6. The normalized spacial score (nSPS) is 10.2. The lowest BCUT2D eigenvalue weighted by Crippen LogP contribution is -2.25. The number of hydrogen-bond acceptors (Lipinski definition) is 3. The standard InChI is InChI=1S/C16H18N2O2/c1-12-11-14(19)7-8-15(12)16(20)18-10-4-6-13-5-2-3-9-17-13/h2-3,5,7-9,11,19H,4,6,10H2,1H3,(H,18,20). The van der Waals surface area contributed by atoms with E-state index in [1.165, 1.54) is 6.07 Å². The Balaban J connectivity index is 1.80. The first-order valence-corrected chi connectivity index (χ1v) is 6.64. The molecule has 1 aromatic carbocycles. The maximum absolute atomic E-state index is 12.0. The van der Waals surface area contributed by atoms with Gasteiger partial charge in [0.25, 0.3) is 5.91 Å². The Bertz CT molecular complexity index is 582. The molecule has 104 valence electrons. The molecule has 0 fully saturated rings. The molecule has 2 rings (SSSR count).